The molecule has 0 unspecified atom stereocenters. The first-order valence-corrected chi connectivity index (χ1v) is 10.6. The fraction of sp³-hybridized carbons (Fsp3) is 0.278. The van der Waals surface area contributed by atoms with Gasteiger partial charge in [0.1, 0.15) is 4.90 Å². The Morgan fingerprint density at radius 2 is 1.86 bits per heavy atom. The zero-order valence-electron chi connectivity index (χ0n) is 15.7. The van der Waals surface area contributed by atoms with Crippen LogP contribution in [0.3, 0.4) is 0 Å². The Bertz CT molecular complexity index is 1310. The summed E-state index contributed by atoms with van der Waals surface area (Å²) in [6.07, 6.45) is 1.69. The Morgan fingerprint density at radius 1 is 1.03 bits per heavy atom. The van der Waals surface area contributed by atoms with Crippen LogP contribution in [-0.2, 0) is 10.0 Å². The summed E-state index contributed by atoms with van der Waals surface area (Å²) in [5, 5.41) is 16.4. The van der Waals surface area contributed by atoms with Gasteiger partial charge in [0.05, 0.1) is 5.52 Å². The molecule has 0 saturated carbocycles. The minimum absolute atomic E-state index is 0.247. The van der Waals surface area contributed by atoms with E-state index in [0.29, 0.717) is 43.2 Å². The molecule has 11 heteroatoms. The average molecular weight is 410 g/mol. The van der Waals surface area contributed by atoms with Crippen LogP contribution in [0.15, 0.2) is 47.5 Å². The third-order valence-corrected chi connectivity index (χ3v) is 6.98. The van der Waals surface area contributed by atoms with Gasteiger partial charge in [0, 0.05) is 37.8 Å². The molecule has 1 aromatic carbocycles. The highest BCUT2D eigenvalue weighted by atomic mass is 32.2. The molecule has 10 nitrogen and oxygen atoms in total. The highest BCUT2D eigenvalue weighted by Gasteiger charge is 2.30. The van der Waals surface area contributed by atoms with E-state index in [9.17, 15) is 8.42 Å². The summed E-state index contributed by atoms with van der Waals surface area (Å²) in [6, 6.07) is 10.8. The monoisotopic (exact) mass is 410 g/mol. The van der Waals surface area contributed by atoms with E-state index < -0.39 is 10.0 Å². The largest absolute Gasteiger partial charge is 0.352 e. The molecule has 29 heavy (non-hydrogen) atoms. The smallest absolute Gasteiger partial charge is 0.245 e. The quantitative estimate of drug-likeness (QED) is 0.490. The number of para-hydroxylation sites is 1. The number of hydrogen-bond donors (Lipinski definition) is 0. The van der Waals surface area contributed by atoms with Crippen LogP contribution in [-0.4, -0.2) is 69.1 Å². The molecule has 4 aromatic rings. The summed E-state index contributed by atoms with van der Waals surface area (Å²) in [6.45, 7) is 3.71. The fourth-order valence-electron chi connectivity index (χ4n) is 3.56. The second-order valence-electron chi connectivity index (χ2n) is 6.95. The van der Waals surface area contributed by atoms with Gasteiger partial charge in [0.2, 0.25) is 10.0 Å². The van der Waals surface area contributed by atoms with Crippen LogP contribution in [0, 0.1) is 6.92 Å². The number of aromatic nitrogens is 6. The van der Waals surface area contributed by atoms with Crippen molar-refractivity contribution in [3.63, 3.8) is 0 Å². The third kappa shape index (κ3) is 3.08. The van der Waals surface area contributed by atoms with E-state index in [0.717, 1.165) is 10.9 Å². The SMILES string of the molecule is Cc1cnc2c(S(=O)(=O)N3CCN(c4ccc5nnnn5n4)CC3)cccc2c1. The van der Waals surface area contributed by atoms with E-state index in [-0.39, 0.29) is 4.90 Å². The van der Waals surface area contributed by atoms with Gasteiger partial charge in [-0.2, -0.15) is 4.31 Å². The Kier molecular flexibility index (Phi) is 4.14. The maximum Gasteiger partial charge on any atom is 0.245 e. The van der Waals surface area contributed by atoms with E-state index in [4.69, 9.17) is 0 Å². The van der Waals surface area contributed by atoms with Crippen molar-refractivity contribution in [3.05, 3.63) is 48.2 Å². The molecular weight excluding hydrogens is 392 g/mol. The van der Waals surface area contributed by atoms with Crippen molar-refractivity contribution >= 4 is 32.4 Å². The predicted octanol–water partition coefficient (Wildman–Crippen LogP) is 0.887. The number of benzene rings is 1. The van der Waals surface area contributed by atoms with Gasteiger partial charge in [0.15, 0.2) is 11.5 Å². The highest BCUT2D eigenvalue weighted by Crippen LogP contribution is 2.26. The second kappa shape index (κ2) is 6.71. The zero-order valence-corrected chi connectivity index (χ0v) is 16.5. The molecule has 5 rings (SSSR count). The van der Waals surface area contributed by atoms with Crippen LogP contribution in [0.25, 0.3) is 16.6 Å². The summed E-state index contributed by atoms with van der Waals surface area (Å²) in [5.74, 6) is 0.712. The van der Waals surface area contributed by atoms with E-state index >= 15 is 0 Å². The first-order chi connectivity index (χ1) is 14.0. The number of sulfonamides is 1. The van der Waals surface area contributed by atoms with Crippen molar-refractivity contribution in [1.29, 1.82) is 0 Å². The van der Waals surface area contributed by atoms with Crippen LogP contribution in [0.5, 0.6) is 0 Å². The van der Waals surface area contributed by atoms with Gasteiger partial charge in [-0.25, -0.2) is 8.42 Å². The lowest BCUT2D eigenvalue weighted by Gasteiger charge is -2.34. The van der Waals surface area contributed by atoms with E-state index in [1.165, 1.54) is 8.94 Å². The van der Waals surface area contributed by atoms with Gasteiger partial charge in [0.25, 0.3) is 0 Å². The van der Waals surface area contributed by atoms with Gasteiger partial charge in [-0.15, -0.1) is 14.8 Å². The van der Waals surface area contributed by atoms with Gasteiger partial charge in [-0.3, -0.25) is 4.98 Å². The highest BCUT2D eigenvalue weighted by molar-refractivity contribution is 7.89. The number of tetrazole rings is 1. The molecule has 0 spiro atoms. The summed E-state index contributed by atoms with van der Waals surface area (Å²) in [4.78, 5) is 6.65. The molecule has 1 aliphatic rings. The number of fused-ring (bicyclic) bond motifs is 2. The second-order valence-corrected chi connectivity index (χ2v) is 8.86. The van der Waals surface area contributed by atoms with Crippen molar-refractivity contribution in [2.24, 2.45) is 0 Å². The summed E-state index contributed by atoms with van der Waals surface area (Å²) in [5.41, 5.74) is 2.06. The lowest BCUT2D eigenvalue weighted by atomic mass is 10.2. The van der Waals surface area contributed by atoms with Crippen LogP contribution in [0.2, 0.25) is 0 Å². The molecule has 0 atom stereocenters. The third-order valence-electron chi connectivity index (χ3n) is 5.05. The number of aryl methyl sites for hydroxylation is 1. The van der Waals surface area contributed by atoms with Crippen molar-refractivity contribution in [2.75, 3.05) is 31.1 Å². The first kappa shape index (κ1) is 17.9. The Morgan fingerprint density at radius 3 is 2.69 bits per heavy atom. The first-order valence-electron chi connectivity index (χ1n) is 9.18. The summed E-state index contributed by atoms with van der Waals surface area (Å²) < 4.78 is 29.5. The van der Waals surface area contributed by atoms with Crippen molar-refractivity contribution < 1.29 is 8.42 Å². The van der Waals surface area contributed by atoms with Crippen LogP contribution >= 0.6 is 0 Å². The molecular formula is C18H18N8O2S. The van der Waals surface area contributed by atoms with E-state index in [1.54, 1.807) is 24.4 Å². The Labute approximate surface area is 166 Å². The molecule has 0 bridgehead atoms. The topological polar surface area (TPSA) is 109 Å². The fourth-order valence-corrected chi connectivity index (χ4v) is 5.14. The van der Waals surface area contributed by atoms with Crippen LogP contribution in [0.1, 0.15) is 5.56 Å². The standard InChI is InChI=1S/C18H18N8O2S/c1-13-11-14-3-2-4-15(18(14)19-12-13)29(27,28)25-9-7-24(8-10-25)17-6-5-16-20-22-23-26(16)21-17/h2-6,11-12H,7-10H2,1H3. The number of rotatable bonds is 3. The van der Waals surface area contributed by atoms with Crippen molar-refractivity contribution in [2.45, 2.75) is 11.8 Å². The van der Waals surface area contributed by atoms with Crippen molar-refractivity contribution in [1.82, 2.24) is 34.5 Å². The summed E-state index contributed by atoms with van der Waals surface area (Å²) >= 11 is 0. The number of pyridine rings is 1. The molecule has 0 radical (unpaired) electrons. The molecule has 148 valence electrons. The number of hydrogen-bond acceptors (Lipinski definition) is 8. The maximum absolute atomic E-state index is 13.3. The van der Waals surface area contributed by atoms with E-state index in [1.807, 2.05) is 30.0 Å². The van der Waals surface area contributed by atoms with Gasteiger partial charge in [-0.05, 0) is 47.2 Å². The molecule has 4 heterocycles. The minimum atomic E-state index is -3.65. The molecule has 0 amide bonds. The maximum atomic E-state index is 13.3. The molecule has 3 aromatic heterocycles. The molecule has 0 aliphatic carbocycles. The zero-order chi connectivity index (χ0) is 20.0. The molecule has 1 fully saturated rings. The van der Waals surface area contributed by atoms with Gasteiger partial charge in [-0.1, -0.05) is 12.1 Å². The normalized spacial score (nSPS) is 16.0. The summed E-state index contributed by atoms with van der Waals surface area (Å²) in [7, 11) is -3.65. The predicted molar refractivity (Wildman–Crippen MR) is 106 cm³/mol. The lowest BCUT2D eigenvalue weighted by Crippen LogP contribution is -2.49. The van der Waals surface area contributed by atoms with Crippen molar-refractivity contribution in [3.8, 4) is 0 Å². The number of nitrogens with zero attached hydrogens (tertiary/aromatic N) is 8. The van der Waals surface area contributed by atoms with Gasteiger partial charge < -0.3 is 4.90 Å². The Balaban J connectivity index is 1.40. The van der Waals surface area contributed by atoms with E-state index in [2.05, 4.69) is 25.6 Å². The number of piperazine rings is 1. The molecule has 1 saturated heterocycles. The van der Waals surface area contributed by atoms with Gasteiger partial charge >= 0.3 is 0 Å². The minimum Gasteiger partial charge on any atom is -0.352 e. The molecule has 1 aliphatic heterocycles. The number of anilines is 1. The van der Waals surface area contributed by atoms with Crippen LogP contribution in [0.4, 0.5) is 5.82 Å². The Hall–Kier alpha value is -3.18. The average Bonchev–Trinajstić information content (AvgIpc) is 3.21. The van der Waals surface area contributed by atoms with Crippen LogP contribution < -0.4 is 4.90 Å². The molecule has 0 N–H and O–H groups in total. The lowest BCUT2D eigenvalue weighted by molar-refractivity contribution is 0.383.